The molecule has 0 bridgehead atoms. The Bertz CT molecular complexity index is 417. The quantitative estimate of drug-likeness (QED) is 0.722. The number of hydrogen-bond acceptors (Lipinski definition) is 1. The molecule has 0 radical (unpaired) electrons. The maximum absolute atomic E-state index is 13.8. The number of ketones is 1. The molecule has 1 saturated carbocycles. The van der Waals surface area contributed by atoms with Gasteiger partial charge in [-0.05, 0) is 42.9 Å². The van der Waals surface area contributed by atoms with Crippen molar-refractivity contribution in [1.82, 2.24) is 0 Å². The highest BCUT2D eigenvalue weighted by atomic mass is 35.5. The number of carbonyl (C=O) groups is 1. The van der Waals surface area contributed by atoms with Crippen LogP contribution >= 0.6 is 11.6 Å². The van der Waals surface area contributed by atoms with Crippen molar-refractivity contribution in [3.8, 4) is 0 Å². The molecular weight excluding hydrogens is 239 g/mol. The summed E-state index contributed by atoms with van der Waals surface area (Å²) in [6.45, 7) is 0. The lowest BCUT2D eigenvalue weighted by atomic mass is 9.85. The van der Waals surface area contributed by atoms with E-state index in [0.717, 1.165) is 25.7 Å². The molecule has 1 aromatic carbocycles. The van der Waals surface area contributed by atoms with Gasteiger partial charge in [-0.1, -0.05) is 24.1 Å². The monoisotopic (exact) mass is 254 g/mol. The second kappa shape index (κ2) is 5.63. The van der Waals surface area contributed by atoms with Crippen molar-refractivity contribution in [2.24, 2.45) is 0 Å². The molecule has 0 aliphatic heterocycles. The first-order chi connectivity index (χ1) is 8.16. The van der Waals surface area contributed by atoms with Crippen molar-refractivity contribution >= 4 is 17.4 Å². The molecule has 1 atom stereocenters. The number of halogens is 2. The van der Waals surface area contributed by atoms with Crippen LogP contribution in [0.3, 0.4) is 0 Å². The van der Waals surface area contributed by atoms with Crippen LogP contribution in [0.1, 0.15) is 50.0 Å². The molecule has 1 unspecified atom stereocenters. The molecule has 17 heavy (non-hydrogen) atoms. The molecule has 92 valence electrons. The third-order valence-electron chi connectivity index (χ3n) is 3.43. The summed E-state index contributed by atoms with van der Waals surface area (Å²) >= 11 is 5.74. The highest BCUT2D eigenvalue weighted by Gasteiger charge is 2.19. The highest BCUT2D eigenvalue weighted by Crippen LogP contribution is 2.32. The summed E-state index contributed by atoms with van der Waals surface area (Å²) in [6.07, 6.45) is 4.93. The lowest BCUT2D eigenvalue weighted by Gasteiger charge is -2.20. The zero-order valence-corrected chi connectivity index (χ0v) is 10.5. The van der Waals surface area contributed by atoms with Crippen LogP contribution in [-0.4, -0.2) is 5.78 Å². The highest BCUT2D eigenvalue weighted by molar-refractivity contribution is 6.30. The fourth-order valence-corrected chi connectivity index (χ4v) is 2.62. The Morgan fingerprint density at radius 2 is 2.00 bits per heavy atom. The standard InChI is InChI=1S/C14H16ClFO/c15-11-6-8-13(14(16)9-11)10-3-1-2-4-12(17)7-5-10/h6,8-10H,1-5,7H2. The molecule has 0 amide bonds. The van der Waals surface area contributed by atoms with Crippen LogP contribution < -0.4 is 0 Å². The van der Waals surface area contributed by atoms with Gasteiger partial charge in [0.25, 0.3) is 0 Å². The molecule has 1 fully saturated rings. The average molecular weight is 255 g/mol. The number of rotatable bonds is 1. The molecule has 1 nitrogen and oxygen atoms in total. The predicted molar refractivity (Wildman–Crippen MR) is 66.9 cm³/mol. The van der Waals surface area contributed by atoms with E-state index >= 15 is 0 Å². The van der Waals surface area contributed by atoms with E-state index in [1.54, 1.807) is 12.1 Å². The SMILES string of the molecule is O=C1CCCCC(c2ccc(Cl)cc2F)CC1. The number of hydrogen-bond donors (Lipinski definition) is 0. The van der Waals surface area contributed by atoms with Crippen molar-refractivity contribution in [3.05, 3.63) is 34.6 Å². The lowest BCUT2D eigenvalue weighted by molar-refractivity contribution is -0.119. The molecule has 0 spiro atoms. The van der Waals surface area contributed by atoms with Gasteiger partial charge in [-0.15, -0.1) is 0 Å². The summed E-state index contributed by atoms with van der Waals surface area (Å²) in [7, 11) is 0. The van der Waals surface area contributed by atoms with Gasteiger partial charge < -0.3 is 0 Å². The normalized spacial score (nSPS) is 22.0. The van der Waals surface area contributed by atoms with Crippen LogP contribution in [0.25, 0.3) is 0 Å². The lowest BCUT2D eigenvalue weighted by Crippen LogP contribution is -2.09. The summed E-state index contributed by atoms with van der Waals surface area (Å²) in [5.74, 6) is 0.233. The second-order valence-electron chi connectivity index (χ2n) is 4.69. The Labute approximate surface area is 106 Å². The van der Waals surface area contributed by atoms with E-state index in [0.29, 0.717) is 29.2 Å². The van der Waals surface area contributed by atoms with Crippen molar-refractivity contribution in [2.45, 2.75) is 44.4 Å². The molecule has 0 N–H and O–H groups in total. The Balaban J connectivity index is 2.16. The summed E-state index contributed by atoms with van der Waals surface area (Å²) in [5, 5.41) is 0.424. The van der Waals surface area contributed by atoms with Gasteiger partial charge in [0.05, 0.1) is 0 Å². The minimum absolute atomic E-state index is 0.163. The first-order valence-electron chi connectivity index (χ1n) is 6.13. The van der Waals surface area contributed by atoms with E-state index in [1.165, 1.54) is 6.07 Å². The summed E-state index contributed by atoms with van der Waals surface area (Å²) < 4.78 is 13.8. The molecular formula is C14H16ClFO. The molecule has 0 heterocycles. The van der Waals surface area contributed by atoms with E-state index < -0.39 is 0 Å². The molecule has 0 aromatic heterocycles. The fraction of sp³-hybridized carbons (Fsp3) is 0.500. The smallest absolute Gasteiger partial charge is 0.132 e. The zero-order valence-electron chi connectivity index (χ0n) is 9.72. The van der Waals surface area contributed by atoms with Crippen LogP contribution in [0.4, 0.5) is 4.39 Å². The molecule has 1 aromatic rings. The third kappa shape index (κ3) is 3.29. The molecule has 1 aliphatic carbocycles. The Kier molecular flexibility index (Phi) is 4.16. The van der Waals surface area contributed by atoms with Gasteiger partial charge in [-0.2, -0.15) is 0 Å². The van der Waals surface area contributed by atoms with Gasteiger partial charge in [-0.3, -0.25) is 4.79 Å². The zero-order chi connectivity index (χ0) is 12.3. The summed E-state index contributed by atoms with van der Waals surface area (Å²) in [4.78, 5) is 11.4. The van der Waals surface area contributed by atoms with Crippen molar-refractivity contribution in [1.29, 1.82) is 0 Å². The van der Waals surface area contributed by atoms with Crippen molar-refractivity contribution in [2.75, 3.05) is 0 Å². The van der Waals surface area contributed by atoms with Gasteiger partial charge >= 0.3 is 0 Å². The van der Waals surface area contributed by atoms with Crippen LogP contribution in [0.2, 0.25) is 5.02 Å². The third-order valence-corrected chi connectivity index (χ3v) is 3.67. The number of carbonyl (C=O) groups excluding carboxylic acids is 1. The van der Waals surface area contributed by atoms with Crippen LogP contribution in [0, 0.1) is 5.82 Å². The van der Waals surface area contributed by atoms with E-state index in [4.69, 9.17) is 11.6 Å². The number of benzene rings is 1. The maximum Gasteiger partial charge on any atom is 0.132 e. The van der Waals surface area contributed by atoms with Crippen LogP contribution in [-0.2, 0) is 4.79 Å². The van der Waals surface area contributed by atoms with Gasteiger partial charge in [0, 0.05) is 17.9 Å². The predicted octanol–water partition coefficient (Wildman–Crippen LogP) is 4.49. The van der Waals surface area contributed by atoms with Crippen LogP contribution in [0.5, 0.6) is 0 Å². The van der Waals surface area contributed by atoms with Gasteiger partial charge in [0.1, 0.15) is 11.6 Å². The second-order valence-corrected chi connectivity index (χ2v) is 5.12. The van der Waals surface area contributed by atoms with E-state index in [2.05, 4.69) is 0 Å². The van der Waals surface area contributed by atoms with Crippen molar-refractivity contribution in [3.63, 3.8) is 0 Å². The number of Topliss-reactive ketones (excluding diaryl/α,β-unsaturated/α-hetero) is 1. The Hall–Kier alpha value is -0.890. The average Bonchev–Trinajstić information content (AvgIpc) is 2.26. The van der Waals surface area contributed by atoms with Gasteiger partial charge in [-0.25, -0.2) is 4.39 Å². The van der Waals surface area contributed by atoms with E-state index in [-0.39, 0.29) is 11.7 Å². The first kappa shape index (κ1) is 12.6. The Morgan fingerprint density at radius 1 is 1.18 bits per heavy atom. The van der Waals surface area contributed by atoms with E-state index in [1.807, 2.05) is 0 Å². The largest absolute Gasteiger partial charge is 0.300 e. The summed E-state index contributed by atoms with van der Waals surface area (Å²) in [6, 6.07) is 4.84. The Morgan fingerprint density at radius 3 is 2.76 bits per heavy atom. The summed E-state index contributed by atoms with van der Waals surface area (Å²) in [5.41, 5.74) is 0.712. The molecule has 1 aliphatic rings. The molecule has 2 rings (SSSR count). The topological polar surface area (TPSA) is 17.1 Å². The molecule has 3 heteroatoms. The van der Waals surface area contributed by atoms with Gasteiger partial charge in [0.15, 0.2) is 0 Å². The molecule has 0 saturated heterocycles. The minimum atomic E-state index is -0.240. The fourth-order valence-electron chi connectivity index (χ4n) is 2.46. The van der Waals surface area contributed by atoms with Crippen LogP contribution in [0.15, 0.2) is 18.2 Å². The first-order valence-corrected chi connectivity index (χ1v) is 6.51. The minimum Gasteiger partial charge on any atom is -0.300 e. The van der Waals surface area contributed by atoms with Crippen molar-refractivity contribution < 1.29 is 9.18 Å². The maximum atomic E-state index is 13.8. The van der Waals surface area contributed by atoms with Gasteiger partial charge in [0.2, 0.25) is 0 Å². The van der Waals surface area contributed by atoms with E-state index in [9.17, 15) is 9.18 Å².